The molecule has 4 nitrogen and oxygen atoms in total. The van der Waals surface area contributed by atoms with Crippen LogP contribution in [-0.2, 0) is 14.9 Å². The first-order valence-corrected chi connectivity index (χ1v) is 9.22. The predicted octanol–water partition coefficient (Wildman–Crippen LogP) is 3.40. The molecule has 1 aliphatic carbocycles. The molecule has 0 radical (unpaired) electrons. The van der Waals surface area contributed by atoms with Gasteiger partial charge in [0.1, 0.15) is 0 Å². The highest BCUT2D eigenvalue weighted by Gasteiger charge is 2.53. The van der Waals surface area contributed by atoms with E-state index in [4.69, 9.17) is 9.73 Å². The van der Waals surface area contributed by atoms with Crippen LogP contribution >= 0.6 is 11.8 Å². The van der Waals surface area contributed by atoms with Gasteiger partial charge in [0.15, 0.2) is 5.17 Å². The van der Waals surface area contributed by atoms with Crippen molar-refractivity contribution in [1.82, 2.24) is 4.90 Å². The minimum atomic E-state index is -0.218. The molecule has 1 aromatic carbocycles. The molecule has 0 N–H and O–H groups in total. The molecule has 0 spiro atoms. The smallest absolute Gasteiger partial charge is 0.235 e. The summed E-state index contributed by atoms with van der Waals surface area (Å²) in [5.74, 6) is 0.774. The summed E-state index contributed by atoms with van der Waals surface area (Å²) in [5, 5.41) is 0.783. The van der Waals surface area contributed by atoms with Crippen LogP contribution in [0.25, 0.3) is 0 Å². The lowest BCUT2D eigenvalue weighted by atomic mass is 9.76. The van der Waals surface area contributed by atoms with E-state index >= 15 is 0 Å². The number of aliphatic imine (C=N–C) groups is 1. The fourth-order valence-corrected chi connectivity index (χ4v) is 4.69. The summed E-state index contributed by atoms with van der Waals surface area (Å²) < 4.78 is 5.13. The Morgan fingerprint density at radius 1 is 1.42 bits per heavy atom. The van der Waals surface area contributed by atoms with Crippen molar-refractivity contribution in [2.24, 2.45) is 10.9 Å². The zero-order chi connectivity index (χ0) is 17.3. The number of fused-ring (bicyclic) bond motifs is 3. The Labute approximate surface area is 148 Å². The van der Waals surface area contributed by atoms with E-state index in [-0.39, 0.29) is 23.3 Å². The van der Waals surface area contributed by atoms with Gasteiger partial charge in [-0.15, -0.1) is 6.58 Å². The molecule has 0 fully saturated rings. The minimum Gasteiger partial charge on any atom is -0.384 e. The number of amides is 1. The van der Waals surface area contributed by atoms with Crippen LogP contribution in [0.4, 0.5) is 0 Å². The zero-order valence-electron chi connectivity index (χ0n) is 14.5. The van der Waals surface area contributed by atoms with Gasteiger partial charge in [-0.3, -0.25) is 14.7 Å². The summed E-state index contributed by atoms with van der Waals surface area (Å²) in [6, 6.07) is 8.23. The van der Waals surface area contributed by atoms with Gasteiger partial charge >= 0.3 is 0 Å². The Morgan fingerprint density at radius 2 is 2.17 bits per heavy atom. The summed E-state index contributed by atoms with van der Waals surface area (Å²) in [4.78, 5) is 20.0. The summed E-state index contributed by atoms with van der Waals surface area (Å²) in [6.45, 7) is 9.23. The predicted molar refractivity (Wildman–Crippen MR) is 99.4 cm³/mol. The molecule has 1 amide bonds. The van der Waals surface area contributed by atoms with Gasteiger partial charge in [-0.2, -0.15) is 0 Å². The number of hydrogen-bond donors (Lipinski definition) is 0. The maximum absolute atomic E-state index is 13.3. The molecule has 1 heterocycles. The van der Waals surface area contributed by atoms with Gasteiger partial charge in [0.05, 0.1) is 18.6 Å². The molecular formula is C19H24N2O2S. The van der Waals surface area contributed by atoms with Crippen LogP contribution in [0.5, 0.6) is 0 Å². The lowest BCUT2D eigenvalue weighted by Crippen LogP contribution is -2.48. The SMILES string of the molecule is C=CCN1C(=O)C2C(N=C1SCCOC)c1ccccc1C2(C)C. The van der Waals surface area contributed by atoms with Crippen molar-refractivity contribution in [3.63, 3.8) is 0 Å². The Bertz CT molecular complexity index is 684. The third kappa shape index (κ3) is 2.70. The quantitative estimate of drug-likeness (QED) is 0.607. The molecule has 0 saturated carbocycles. The first kappa shape index (κ1) is 17.2. The van der Waals surface area contributed by atoms with Crippen molar-refractivity contribution in [3.8, 4) is 0 Å². The zero-order valence-corrected chi connectivity index (χ0v) is 15.3. The van der Waals surface area contributed by atoms with E-state index in [9.17, 15) is 4.79 Å². The second-order valence-corrected chi connectivity index (χ2v) is 7.78. The summed E-state index contributed by atoms with van der Waals surface area (Å²) in [5.41, 5.74) is 2.20. The number of thioether (sulfide) groups is 1. The number of ether oxygens (including phenoxy) is 1. The van der Waals surface area contributed by atoms with Gasteiger partial charge in [0, 0.05) is 24.8 Å². The second kappa shape index (κ2) is 6.73. The third-order valence-corrected chi connectivity index (χ3v) is 5.86. The van der Waals surface area contributed by atoms with Crippen molar-refractivity contribution in [2.45, 2.75) is 25.3 Å². The molecule has 0 bridgehead atoms. The van der Waals surface area contributed by atoms with Crippen molar-refractivity contribution >= 4 is 22.8 Å². The average Bonchev–Trinajstić information content (AvgIpc) is 2.79. The standard InChI is InChI=1S/C19H24N2O2S/c1-5-10-21-17(22)15-16(20-18(21)24-12-11-23-4)13-8-6-7-9-14(13)19(15,2)3/h5-9,15-16H,1,10-12H2,2-4H3. The number of nitrogens with zero attached hydrogens (tertiary/aromatic N) is 2. The van der Waals surface area contributed by atoms with Gasteiger partial charge in [-0.25, -0.2) is 0 Å². The second-order valence-electron chi connectivity index (χ2n) is 6.72. The highest BCUT2D eigenvalue weighted by molar-refractivity contribution is 8.13. The maximum Gasteiger partial charge on any atom is 0.235 e. The van der Waals surface area contributed by atoms with Crippen LogP contribution in [0, 0.1) is 5.92 Å². The van der Waals surface area contributed by atoms with E-state index in [1.165, 1.54) is 11.1 Å². The van der Waals surface area contributed by atoms with Gasteiger partial charge < -0.3 is 4.74 Å². The molecule has 128 valence electrons. The molecule has 1 aliphatic heterocycles. The number of rotatable bonds is 5. The van der Waals surface area contributed by atoms with E-state index in [0.717, 1.165) is 10.9 Å². The average molecular weight is 344 g/mol. The van der Waals surface area contributed by atoms with Crippen molar-refractivity contribution in [3.05, 3.63) is 48.0 Å². The van der Waals surface area contributed by atoms with E-state index in [0.29, 0.717) is 13.2 Å². The Kier molecular flexibility index (Phi) is 4.83. The molecule has 0 aromatic heterocycles. The number of amidine groups is 1. The van der Waals surface area contributed by atoms with Gasteiger partial charge in [-0.1, -0.05) is 56.0 Å². The fourth-order valence-electron chi connectivity index (χ4n) is 3.75. The molecule has 2 atom stereocenters. The summed E-state index contributed by atoms with van der Waals surface area (Å²) in [6.07, 6.45) is 1.76. The lowest BCUT2D eigenvalue weighted by molar-refractivity contribution is -0.134. The van der Waals surface area contributed by atoms with E-state index < -0.39 is 0 Å². The summed E-state index contributed by atoms with van der Waals surface area (Å²) in [7, 11) is 1.68. The van der Waals surface area contributed by atoms with Crippen LogP contribution < -0.4 is 0 Å². The molecule has 5 heteroatoms. The molecular weight excluding hydrogens is 320 g/mol. The monoisotopic (exact) mass is 344 g/mol. The number of carbonyl (C=O) groups is 1. The maximum atomic E-state index is 13.3. The van der Waals surface area contributed by atoms with E-state index in [2.05, 4.69) is 32.6 Å². The Morgan fingerprint density at radius 3 is 2.88 bits per heavy atom. The first-order chi connectivity index (χ1) is 11.5. The van der Waals surface area contributed by atoms with Crippen LogP contribution in [0.3, 0.4) is 0 Å². The number of benzene rings is 1. The summed E-state index contributed by atoms with van der Waals surface area (Å²) >= 11 is 1.58. The lowest BCUT2D eigenvalue weighted by Gasteiger charge is -2.37. The fraction of sp³-hybridized carbons (Fsp3) is 0.474. The van der Waals surface area contributed by atoms with Crippen LogP contribution in [0.1, 0.15) is 31.0 Å². The normalized spacial score (nSPS) is 24.4. The Balaban J connectivity index is 2.03. The molecule has 3 rings (SSSR count). The van der Waals surface area contributed by atoms with Crippen LogP contribution in [0.15, 0.2) is 41.9 Å². The van der Waals surface area contributed by atoms with Crippen LogP contribution in [-0.4, -0.2) is 42.0 Å². The van der Waals surface area contributed by atoms with E-state index in [1.54, 1.807) is 29.8 Å². The number of hydrogen-bond acceptors (Lipinski definition) is 4. The molecule has 24 heavy (non-hydrogen) atoms. The molecule has 2 unspecified atom stereocenters. The minimum absolute atomic E-state index is 0.0881. The van der Waals surface area contributed by atoms with Gasteiger partial charge in [0.25, 0.3) is 0 Å². The largest absolute Gasteiger partial charge is 0.384 e. The first-order valence-electron chi connectivity index (χ1n) is 8.23. The van der Waals surface area contributed by atoms with Crippen molar-refractivity contribution in [1.29, 1.82) is 0 Å². The van der Waals surface area contributed by atoms with Crippen LogP contribution in [0.2, 0.25) is 0 Å². The third-order valence-electron chi connectivity index (χ3n) is 4.91. The highest BCUT2D eigenvalue weighted by Crippen LogP contribution is 2.53. The molecule has 0 saturated heterocycles. The van der Waals surface area contributed by atoms with Crippen molar-refractivity contribution in [2.75, 3.05) is 26.0 Å². The molecule has 1 aromatic rings. The van der Waals surface area contributed by atoms with E-state index in [1.807, 2.05) is 12.1 Å². The Hall–Kier alpha value is -1.59. The molecule has 2 aliphatic rings. The topological polar surface area (TPSA) is 41.9 Å². The van der Waals surface area contributed by atoms with Gasteiger partial charge in [0.2, 0.25) is 5.91 Å². The number of methoxy groups -OCH3 is 1. The van der Waals surface area contributed by atoms with Crippen molar-refractivity contribution < 1.29 is 9.53 Å². The highest BCUT2D eigenvalue weighted by atomic mass is 32.2. The number of carbonyl (C=O) groups excluding carboxylic acids is 1. The van der Waals surface area contributed by atoms with Gasteiger partial charge in [-0.05, 0) is 11.1 Å².